The first-order valence-corrected chi connectivity index (χ1v) is 5.56. The number of hydrogen-bond donors (Lipinski definition) is 2. The Morgan fingerprint density at radius 1 is 1.35 bits per heavy atom. The van der Waals surface area contributed by atoms with Crippen molar-refractivity contribution in [2.45, 2.75) is 13.5 Å². The third-order valence-corrected chi connectivity index (χ3v) is 2.81. The van der Waals surface area contributed by atoms with E-state index in [4.69, 9.17) is 5.73 Å². The highest BCUT2D eigenvalue weighted by Crippen LogP contribution is 2.23. The van der Waals surface area contributed by atoms with Gasteiger partial charge in [-0.15, -0.1) is 0 Å². The number of anilines is 1. The second-order valence-electron chi connectivity index (χ2n) is 3.87. The second-order valence-corrected chi connectivity index (χ2v) is 3.87. The Morgan fingerprint density at radius 3 is 2.88 bits per heavy atom. The molecule has 0 bridgehead atoms. The highest BCUT2D eigenvalue weighted by Gasteiger charge is 2.12. The van der Waals surface area contributed by atoms with Crippen LogP contribution >= 0.6 is 0 Å². The highest BCUT2D eigenvalue weighted by molar-refractivity contribution is 5.80. The summed E-state index contributed by atoms with van der Waals surface area (Å²) in [6, 6.07) is 9.87. The normalized spacial score (nSPS) is 11.1. The third-order valence-electron chi connectivity index (χ3n) is 2.81. The van der Waals surface area contributed by atoms with Crippen LogP contribution in [0.5, 0.6) is 0 Å². The van der Waals surface area contributed by atoms with Gasteiger partial charge in [-0.05, 0) is 19.1 Å². The molecule has 86 valence electrons. The lowest BCUT2D eigenvalue weighted by Gasteiger charge is -2.03. The molecular weight excluding hydrogens is 214 g/mol. The molecule has 0 aliphatic heterocycles. The van der Waals surface area contributed by atoms with E-state index in [1.165, 1.54) is 0 Å². The average molecular weight is 227 g/mol. The molecule has 0 atom stereocenters. The zero-order valence-corrected chi connectivity index (χ0v) is 9.51. The molecule has 0 unspecified atom stereocenters. The van der Waals surface area contributed by atoms with Crippen molar-refractivity contribution in [1.82, 2.24) is 19.7 Å². The minimum Gasteiger partial charge on any atom is -0.382 e. The van der Waals surface area contributed by atoms with Crippen molar-refractivity contribution in [3.05, 3.63) is 30.3 Å². The van der Waals surface area contributed by atoms with Gasteiger partial charge in [0.15, 0.2) is 5.82 Å². The number of aryl methyl sites for hydroxylation is 1. The standard InChI is InChI=1S/C12H13N5/c1-2-17-10-6-4-3-5-8(10)14-12(17)9-7-11(13)16-15-9/h3-7H,2H2,1H3,(H3,13,15,16). The average Bonchev–Trinajstić information content (AvgIpc) is 2.91. The van der Waals surface area contributed by atoms with E-state index >= 15 is 0 Å². The maximum Gasteiger partial charge on any atom is 0.159 e. The molecule has 17 heavy (non-hydrogen) atoms. The van der Waals surface area contributed by atoms with Gasteiger partial charge in [0.1, 0.15) is 11.5 Å². The number of nitrogens with two attached hydrogens (primary N) is 1. The van der Waals surface area contributed by atoms with Crippen molar-refractivity contribution >= 4 is 16.9 Å². The van der Waals surface area contributed by atoms with Crippen molar-refractivity contribution in [1.29, 1.82) is 0 Å². The van der Waals surface area contributed by atoms with E-state index in [1.54, 1.807) is 6.07 Å². The fraction of sp³-hybridized carbons (Fsp3) is 0.167. The number of fused-ring (bicyclic) bond motifs is 1. The van der Waals surface area contributed by atoms with Crippen LogP contribution in [0.25, 0.3) is 22.6 Å². The largest absolute Gasteiger partial charge is 0.382 e. The van der Waals surface area contributed by atoms with Gasteiger partial charge in [0.05, 0.1) is 11.0 Å². The number of nitrogens with zero attached hydrogens (tertiary/aromatic N) is 3. The molecule has 5 heteroatoms. The first-order chi connectivity index (χ1) is 8.29. The number of rotatable bonds is 2. The molecule has 0 saturated carbocycles. The molecule has 1 aromatic carbocycles. The highest BCUT2D eigenvalue weighted by atomic mass is 15.2. The summed E-state index contributed by atoms with van der Waals surface area (Å²) < 4.78 is 2.14. The topological polar surface area (TPSA) is 72.5 Å². The number of aromatic nitrogens is 4. The molecule has 0 amide bonds. The zero-order chi connectivity index (χ0) is 11.8. The molecule has 3 rings (SSSR count). The number of nitrogens with one attached hydrogen (secondary N) is 1. The molecule has 3 N–H and O–H groups in total. The fourth-order valence-corrected chi connectivity index (χ4v) is 2.05. The monoisotopic (exact) mass is 227 g/mol. The molecule has 2 aromatic heterocycles. The lowest BCUT2D eigenvalue weighted by molar-refractivity contribution is 0.792. The summed E-state index contributed by atoms with van der Waals surface area (Å²) in [7, 11) is 0. The quantitative estimate of drug-likeness (QED) is 0.703. The first-order valence-electron chi connectivity index (χ1n) is 5.56. The summed E-state index contributed by atoms with van der Waals surface area (Å²) in [5.41, 5.74) is 8.58. The van der Waals surface area contributed by atoms with Gasteiger partial charge >= 0.3 is 0 Å². The van der Waals surface area contributed by atoms with Gasteiger partial charge in [-0.25, -0.2) is 4.98 Å². The molecule has 0 radical (unpaired) electrons. The van der Waals surface area contributed by atoms with Crippen molar-refractivity contribution in [3.63, 3.8) is 0 Å². The van der Waals surface area contributed by atoms with Crippen LogP contribution < -0.4 is 5.73 Å². The van der Waals surface area contributed by atoms with Crippen LogP contribution in [0.4, 0.5) is 5.82 Å². The van der Waals surface area contributed by atoms with E-state index in [0.29, 0.717) is 5.82 Å². The second kappa shape index (κ2) is 3.62. The fourth-order valence-electron chi connectivity index (χ4n) is 2.05. The zero-order valence-electron chi connectivity index (χ0n) is 9.51. The summed E-state index contributed by atoms with van der Waals surface area (Å²) in [6.45, 7) is 2.95. The lowest BCUT2D eigenvalue weighted by atomic mass is 10.3. The molecule has 0 spiro atoms. The van der Waals surface area contributed by atoms with Gasteiger partial charge in [0.2, 0.25) is 0 Å². The van der Waals surface area contributed by atoms with E-state index in [-0.39, 0.29) is 0 Å². The minimum absolute atomic E-state index is 0.481. The minimum atomic E-state index is 0.481. The van der Waals surface area contributed by atoms with Crippen LogP contribution in [0.3, 0.4) is 0 Å². The number of aromatic amines is 1. The van der Waals surface area contributed by atoms with Gasteiger partial charge in [0, 0.05) is 12.6 Å². The van der Waals surface area contributed by atoms with Crippen LogP contribution in [0.1, 0.15) is 6.92 Å². The summed E-state index contributed by atoms with van der Waals surface area (Å²) in [5.74, 6) is 1.35. The molecule has 5 nitrogen and oxygen atoms in total. The Balaban J connectivity index is 2.29. The number of hydrogen-bond acceptors (Lipinski definition) is 3. The van der Waals surface area contributed by atoms with Crippen molar-refractivity contribution in [2.75, 3.05) is 5.73 Å². The Bertz CT molecular complexity index is 664. The number of benzene rings is 1. The smallest absolute Gasteiger partial charge is 0.159 e. The van der Waals surface area contributed by atoms with Gasteiger partial charge in [-0.2, -0.15) is 5.10 Å². The Hall–Kier alpha value is -2.30. The predicted molar refractivity (Wildman–Crippen MR) is 67.4 cm³/mol. The maximum atomic E-state index is 5.62. The van der Waals surface area contributed by atoms with Crippen LogP contribution in [-0.2, 0) is 6.54 Å². The van der Waals surface area contributed by atoms with Crippen molar-refractivity contribution < 1.29 is 0 Å². The summed E-state index contributed by atoms with van der Waals surface area (Å²) in [5, 5.41) is 6.84. The third kappa shape index (κ3) is 1.47. The molecule has 2 heterocycles. The maximum absolute atomic E-state index is 5.62. The van der Waals surface area contributed by atoms with E-state index in [9.17, 15) is 0 Å². The molecule has 3 aromatic rings. The van der Waals surface area contributed by atoms with E-state index < -0.39 is 0 Å². The van der Waals surface area contributed by atoms with Gasteiger partial charge in [-0.3, -0.25) is 5.10 Å². The number of nitrogen functional groups attached to an aromatic ring is 1. The van der Waals surface area contributed by atoms with Crippen LogP contribution in [0.2, 0.25) is 0 Å². The van der Waals surface area contributed by atoms with Crippen molar-refractivity contribution in [2.24, 2.45) is 0 Å². The first kappa shape index (κ1) is 9.89. The summed E-state index contributed by atoms with van der Waals surface area (Å²) in [4.78, 5) is 4.60. The lowest BCUT2D eigenvalue weighted by Crippen LogP contribution is -1.97. The van der Waals surface area contributed by atoms with E-state index in [1.807, 2.05) is 18.2 Å². The van der Waals surface area contributed by atoms with Crippen molar-refractivity contribution in [3.8, 4) is 11.5 Å². The SMILES string of the molecule is CCn1c(-c2cc(N)n[nH]2)nc2ccccc21. The Morgan fingerprint density at radius 2 is 2.18 bits per heavy atom. The van der Waals surface area contributed by atoms with E-state index in [2.05, 4.69) is 32.7 Å². The van der Waals surface area contributed by atoms with Gasteiger partial charge in [0.25, 0.3) is 0 Å². The van der Waals surface area contributed by atoms with Crippen LogP contribution in [-0.4, -0.2) is 19.7 Å². The number of para-hydroxylation sites is 2. The summed E-state index contributed by atoms with van der Waals surface area (Å²) in [6.07, 6.45) is 0. The molecule has 0 saturated heterocycles. The van der Waals surface area contributed by atoms with Crippen LogP contribution in [0, 0.1) is 0 Å². The van der Waals surface area contributed by atoms with Crippen LogP contribution in [0.15, 0.2) is 30.3 Å². The Kier molecular flexibility index (Phi) is 2.11. The van der Waals surface area contributed by atoms with Gasteiger partial charge < -0.3 is 10.3 Å². The predicted octanol–water partition coefficient (Wildman–Crippen LogP) is 2.03. The molecular formula is C12H13N5. The molecule has 0 aliphatic carbocycles. The number of imidazole rings is 1. The van der Waals surface area contributed by atoms with Gasteiger partial charge in [-0.1, -0.05) is 12.1 Å². The summed E-state index contributed by atoms with van der Waals surface area (Å²) >= 11 is 0. The molecule has 0 fully saturated rings. The Labute approximate surface area is 98.3 Å². The number of H-pyrrole nitrogens is 1. The molecule has 0 aliphatic rings. The van der Waals surface area contributed by atoms with E-state index in [0.717, 1.165) is 29.1 Å².